The Hall–Kier alpha value is -1.78. The monoisotopic (exact) mass is 294 g/mol. The van der Waals surface area contributed by atoms with E-state index in [1.165, 1.54) is 0 Å². The lowest BCUT2D eigenvalue weighted by molar-refractivity contribution is 0.0693. The van der Waals surface area contributed by atoms with Crippen LogP contribution in [0.25, 0.3) is 21.8 Å². The number of pyridine rings is 1. The standard InChI is InChI=1S/C13H8Cl2N2O2/c1-5-4-16-10-6-2-3-7(14)9(15)11(6)17-12(8(5)10)13(18)19/h2-4,16H,1H3,(H,18,19). The molecule has 96 valence electrons. The van der Waals surface area contributed by atoms with E-state index in [9.17, 15) is 9.90 Å². The number of carboxylic acids is 1. The summed E-state index contributed by atoms with van der Waals surface area (Å²) in [5, 5.41) is 11.2. The first kappa shape index (κ1) is 12.3. The van der Waals surface area contributed by atoms with Gasteiger partial charge in [-0.2, -0.15) is 0 Å². The predicted molar refractivity (Wildman–Crippen MR) is 75.3 cm³/mol. The molecule has 3 aromatic rings. The van der Waals surface area contributed by atoms with Crippen LogP contribution in [0.3, 0.4) is 0 Å². The van der Waals surface area contributed by atoms with Crippen LogP contribution in [0.4, 0.5) is 0 Å². The minimum Gasteiger partial charge on any atom is -0.476 e. The number of carbonyl (C=O) groups is 1. The van der Waals surface area contributed by atoms with Gasteiger partial charge in [-0.05, 0) is 24.6 Å². The number of benzene rings is 1. The summed E-state index contributed by atoms with van der Waals surface area (Å²) in [6.07, 6.45) is 1.75. The maximum absolute atomic E-state index is 11.4. The van der Waals surface area contributed by atoms with Crippen LogP contribution in [-0.4, -0.2) is 21.0 Å². The Kier molecular flexibility index (Phi) is 2.66. The molecule has 0 aliphatic carbocycles. The summed E-state index contributed by atoms with van der Waals surface area (Å²) in [6, 6.07) is 3.45. The van der Waals surface area contributed by atoms with Crippen molar-refractivity contribution in [2.75, 3.05) is 0 Å². The van der Waals surface area contributed by atoms with Crippen molar-refractivity contribution in [2.24, 2.45) is 0 Å². The molecular weight excluding hydrogens is 287 g/mol. The first-order valence-electron chi connectivity index (χ1n) is 5.49. The third kappa shape index (κ3) is 1.68. The van der Waals surface area contributed by atoms with Crippen LogP contribution >= 0.6 is 23.2 Å². The van der Waals surface area contributed by atoms with E-state index in [2.05, 4.69) is 9.97 Å². The van der Waals surface area contributed by atoms with Crippen molar-refractivity contribution in [1.82, 2.24) is 9.97 Å². The molecule has 0 bridgehead atoms. The summed E-state index contributed by atoms with van der Waals surface area (Å²) in [4.78, 5) is 18.6. The molecular formula is C13H8Cl2N2O2. The number of nitrogens with zero attached hydrogens (tertiary/aromatic N) is 1. The lowest BCUT2D eigenvalue weighted by Gasteiger charge is -2.06. The molecule has 0 radical (unpaired) electrons. The summed E-state index contributed by atoms with van der Waals surface area (Å²) in [7, 11) is 0. The average molecular weight is 295 g/mol. The van der Waals surface area contributed by atoms with E-state index in [0.717, 1.165) is 10.9 Å². The lowest BCUT2D eigenvalue weighted by Crippen LogP contribution is -2.02. The van der Waals surface area contributed by atoms with E-state index in [0.29, 0.717) is 21.4 Å². The van der Waals surface area contributed by atoms with Crippen molar-refractivity contribution >= 4 is 51.0 Å². The van der Waals surface area contributed by atoms with Gasteiger partial charge in [-0.1, -0.05) is 23.2 Å². The Morgan fingerprint density at radius 2 is 2.11 bits per heavy atom. The third-order valence-corrected chi connectivity index (χ3v) is 3.87. The van der Waals surface area contributed by atoms with Crippen LogP contribution in [0.15, 0.2) is 18.3 Å². The number of aromatic nitrogens is 2. The van der Waals surface area contributed by atoms with Gasteiger partial charge >= 0.3 is 5.97 Å². The topological polar surface area (TPSA) is 66.0 Å². The largest absolute Gasteiger partial charge is 0.476 e. The van der Waals surface area contributed by atoms with Crippen molar-refractivity contribution in [3.8, 4) is 0 Å². The highest BCUT2D eigenvalue weighted by atomic mass is 35.5. The SMILES string of the molecule is Cc1c[nH]c2c1c(C(=O)O)nc1c(Cl)c(Cl)ccc12. The van der Waals surface area contributed by atoms with Crippen LogP contribution in [0.5, 0.6) is 0 Å². The Labute approximate surface area is 118 Å². The zero-order valence-corrected chi connectivity index (χ0v) is 11.3. The molecule has 0 atom stereocenters. The Morgan fingerprint density at radius 3 is 2.79 bits per heavy atom. The molecule has 0 amide bonds. The average Bonchev–Trinajstić information content (AvgIpc) is 2.75. The van der Waals surface area contributed by atoms with Crippen molar-refractivity contribution in [1.29, 1.82) is 0 Å². The van der Waals surface area contributed by atoms with Gasteiger partial charge in [0.1, 0.15) is 0 Å². The van der Waals surface area contributed by atoms with Gasteiger partial charge in [-0.3, -0.25) is 0 Å². The molecule has 4 nitrogen and oxygen atoms in total. The van der Waals surface area contributed by atoms with Crippen molar-refractivity contribution in [2.45, 2.75) is 6.92 Å². The van der Waals surface area contributed by atoms with Crippen LogP contribution in [0.2, 0.25) is 10.0 Å². The lowest BCUT2D eigenvalue weighted by atomic mass is 10.1. The molecule has 0 unspecified atom stereocenters. The summed E-state index contributed by atoms with van der Waals surface area (Å²) in [6.45, 7) is 1.83. The minimum atomic E-state index is -1.09. The second kappa shape index (κ2) is 4.11. The molecule has 0 fully saturated rings. The smallest absolute Gasteiger partial charge is 0.355 e. The van der Waals surface area contributed by atoms with Gasteiger partial charge in [0.25, 0.3) is 0 Å². The fourth-order valence-electron chi connectivity index (χ4n) is 2.21. The Morgan fingerprint density at radius 1 is 1.37 bits per heavy atom. The molecule has 19 heavy (non-hydrogen) atoms. The van der Waals surface area contributed by atoms with Gasteiger partial charge in [0, 0.05) is 17.0 Å². The Balaban J connectivity index is 2.62. The molecule has 0 spiro atoms. The van der Waals surface area contributed by atoms with Gasteiger partial charge in [-0.25, -0.2) is 9.78 Å². The van der Waals surface area contributed by atoms with Crippen LogP contribution in [-0.2, 0) is 0 Å². The number of fused-ring (bicyclic) bond motifs is 3. The van der Waals surface area contributed by atoms with Gasteiger partial charge in [-0.15, -0.1) is 0 Å². The Bertz CT molecular complexity index is 840. The fourth-order valence-corrected chi connectivity index (χ4v) is 2.57. The highest BCUT2D eigenvalue weighted by Crippen LogP contribution is 2.35. The number of nitrogens with one attached hydrogen (secondary N) is 1. The third-order valence-electron chi connectivity index (χ3n) is 3.08. The normalized spacial score (nSPS) is 11.3. The predicted octanol–water partition coefficient (Wildman–Crippen LogP) is 4.03. The molecule has 1 aromatic carbocycles. The number of carboxylic acid groups (broad SMARTS) is 1. The van der Waals surface area contributed by atoms with E-state index in [4.69, 9.17) is 23.2 Å². The van der Waals surface area contributed by atoms with Gasteiger partial charge < -0.3 is 10.1 Å². The maximum Gasteiger partial charge on any atom is 0.355 e. The number of H-pyrrole nitrogens is 1. The van der Waals surface area contributed by atoms with E-state index in [-0.39, 0.29) is 10.7 Å². The number of hydrogen-bond acceptors (Lipinski definition) is 2. The molecule has 6 heteroatoms. The highest BCUT2D eigenvalue weighted by Gasteiger charge is 2.19. The second-order valence-corrected chi connectivity index (χ2v) is 5.03. The maximum atomic E-state index is 11.4. The highest BCUT2D eigenvalue weighted by molar-refractivity contribution is 6.45. The van der Waals surface area contributed by atoms with Crippen LogP contribution in [0.1, 0.15) is 16.1 Å². The number of aryl methyl sites for hydroxylation is 1. The molecule has 0 aliphatic rings. The van der Waals surface area contributed by atoms with E-state index >= 15 is 0 Å². The first-order valence-corrected chi connectivity index (χ1v) is 6.25. The van der Waals surface area contributed by atoms with Gasteiger partial charge in [0.2, 0.25) is 0 Å². The summed E-state index contributed by atoms with van der Waals surface area (Å²) >= 11 is 12.1. The van der Waals surface area contributed by atoms with Crippen molar-refractivity contribution < 1.29 is 9.90 Å². The van der Waals surface area contributed by atoms with Gasteiger partial charge in [0.05, 0.1) is 21.1 Å². The molecule has 2 aromatic heterocycles. The number of aromatic carboxylic acids is 1. The zero-order chi connectivity index (χ0) is 13.7. The summed E-state index contributed by atoms with van der Waals surface area (Å²) in [5.41, 5.74) is 1.90. The molecule has 2 heterocycles. The number of hydrogen-bond donors (Lipinski definition) is 2. The number of rotatable bonds is 1. The number of halogens is 2. The summed E-state index contributed by atoms with van der Waals surface area (Å²) in [5.74, 6) is -1.09. The molecule has 2 N–H and O–H groups in total. The van der Waals surface area contributed by atoms with Crippen LogP contribution < -0.4 is 0 Å². The van der Waals surface area contributed by atoms with E-state index in [1.54, 1.807) is 18.3 Å². The molecule has 0 aliphatic heterocycles. The minimum absolute atomic E-state index is 0.0228. The summed E-state index contributed by atoms with van der Waals surface area (Å²) < 4.78 is 0. The molecule has 3 rings (SSSR count). The second-order valence-electron chi connectivity index (χ2n) is 4.24. The zero-order valence-electron chi connectivity index (χ0n) is 9.79. The van der Waals surface area contributed by atoms with E-state index < -0.39 is 5.97 Å². The van der Waals surface area contributed by atoms with Gasteiger partial charge in [0.15, 0.2) is 5.69 Å². The van der Waals surface area contributed by atoms with Crippen molar-refractivity contribution in [3.63, 3.8) is 0 Å². The molecule has 0 saturated carbocycles. The first-order chi connectivity index (χ1) is 9.00. The van der Waals surface area contributed by atoms with Crippen LogP contribution in [0, 0.1) is 6.92 Å². The molecule has 0 saturated heterocycles. The van der Waals surface area contributed by atoms with E-state index in [1.807, 2.05) is 6.92 Å². The quantitative estimate of drug-likeness (QED) is 0.712. The fraction of sp³-hybridized carbons (Fsp3) is 0.0769. The number of aromatic amines is 1. The van der Waals surface area contributed by atoms with Crippen molar-refractivity contribution in [3.05, 3.63) is 39.6 Å².